The SMILES string of the molecule is Cc1nn(CCC#N)c2c1P(=S)(Nc1ccccc1)/C(=C1\N(C)c3ccccc3C1(C)C)C=N2. The zero-order chi connectivity index (χ0) is 24.1. The second kappa shape index (κ2) is 8.23. The summed E-state index contributed by atoms with van der Waals surface area (Å²) in [6.45, 7) is 7.00. The number of aryl methyl sites for hydroxylation is 2. The van der Waals surface area contributed by atoms with Crippen molar-refractivity contribution in [3.05, 3.63) is 76.9 Å². The van der Waals surface area contributed by atoms with E-state index in [1.54, 1.807) is 0 Å². The summed E-state index contributed by atoms with van der Waals surface area (Å²) in [5.41, 5.74) is 5.24. The summed E-state index contributed by atoms with van der Waals surface area (Å²) in [6, 6.07) is 20.9. The van der Waals surface area contributed by atoms with Gasteiger partial charge in [-0.1, -0.05) is 62.1 Å². The Bertz CT molecular complexity index is 1430. The van der Waals surface area contributed by atoms with Gasteiger partial charge in [0.2, 0.25) is 0 Å². The van der Waals surface area contributed by atoms with Crippen LogP contribution in [0.15, 0.2) is 70.6 Å². The second-order valence-corrected chi connectivity index (χ2v) is 13.2. The summed E-state index contributed by atoms with van der Waals surface area (Å²) in [6.07, 6.45) is -0.254. The number of para-hydroxylation sites is 2. The molecular formula is C26H27N6PS. The molecular weight excluding hydrogens is 459 g/mol. The van der Waals surface area contributed by atoms with E-state index in [0.29, 0.717) is 13.0 Å². The molecule has 5 rings (SSSR count). The minimum Gasteiger partial charge on any atom is -0.351 e. The van der Waals surface area contributed by atoms with Crippen molar-refractivity contribution >= 4 is 46.7 Å². The molecule has 1 N–H and O–H groups in total. The molecule has 0 amide bonds. The van der Waals surface area contributed by atoms with E-state index in [0.717, 1.165) is 27.8 Å². The standard InChI is InChI=1S/C26H27N6PS/c1-18-23-25(32(29-18)16-10-15-27)28-17-22(33(23,34)30-19-11-6-5-7-12-19)24-26(2,3)20-13-8-9-14-21(20)31(24)4/h5-9,11-14,17H,10,16H2,1-4H3,(H,30,34)/b24-22-. The van der Waals surface area contributed by atoms with E-state index in [4.69, 9.17) is 27.2 Å². The lowest BCUT2D eigenvalue weighted by molar-refractivity contribution is 0.626. The van der Waals surface area contributed by atoms with Crippen LogP contribution >= 0.6 is 6.19 Å². The topological polar surface area (TPSA) is 69.2 Å². The normalized spacial score (nSPS) is 22.3. The van der Waals surface area contributed by atoms with Gasteiger partial charge in [-0.05, 0) is 30.7 Å². The number of rotatable bonds is 4. The summed E-state index contributed by atoms with van der Waals surface area (Å²) in [7, 11) is 2.12. The van der Waals surface area contributed by atoms with Crippen LogP contribution in [0.1, 0.15) is 31.5 Å². The molecule has 172 valence electrons. The first-order valence-corrected chi connectivity index (χ1v) is 14.1. The van der Waals surface area contributed by atoms with E-state index in [1.807, 2.05) is 36.0 Å². The highest BCUT2D eigenvalue weighted by Gasteiger charge is 2.45. The van der Waals surface area contributed by atoms with Gasteiger partial charge < -0.3 is 9.99 Å². The van der Waals surface area contributed by atoms with Gasteiger partial charge in [0.25, 0.3) is 0 Å². The van der Waals surface area contributed by atoms with Crippen LogP contribution in [0.4, 0.5) is 17.2 Å². The van der Waals surface area contributed by atoms with Crippen LogP contribution in [0.25, 0.3) is 0 Å². The Morgan fingerprint density at radius 2 is 1.82 bits per heavy atom. The van der Waals surface area contributed by atoms with Crippen molar-refractivity contribution in [2.75, 3.05) is 17.0 Å². The Morgan fingerprint density at radius 3 is 2.53 bits per heavy atom. The third-order valence-corrected chi connectivity index (χ3v) is 10.8. The van der Waals surface area contributed by atoms with Crippen LogP contribution in [0, 0.1) is 18.3 Å². The van der Waals surface area contributed by atoms with E-state index in [9.17, 15) is 0 Å². The number of aliphatic imine (C=N–C) groups is 1. The summed E-state index contributed by atoms with van der Waals surface area (Å²) in [5, 5.41) is 19.7. The van der Waals surface area contributed by atoms with Crippen molar-refractivity contribution in [2.45, 2.75) is 39.2 Å². The number of fused-ring (bicyclic) bond motifs is 2. The number of aromatic nitrogens is 2. The number of nitrogens with one attached hydrogen (secondary N) is 1. The summed E-state index contributed by atoms with van der Waals surface area (Å²) in [5.74, 6) is 0.764. The molecule has 2 aromatic carbocycles. The fourth-order valence-corrected chi connectivity index (χ4v) is 9.41. The fourth-order valence-electron chi connectivity index (χ4n) is 5.17. The highest BCUT2D eigenvalue weighted by Crippen LogP contribution is 2.61. The molecule has 0 spiro atoms. The third kappa shape index (κ3) is 3.33. The monoisotopic (exact) mass is 486 g/mol. The number of nitriles is 1. The van der Waals surface area contributed by atoms with Crippen molar-refractivity contribution in [3.63, 3.8) is 0 Å². The van der Waals surface area contributed by atoms with Crippen LogP contribution < -0.4 is 15.3 Å². The highest BCUT2D eigenvalue weighted by molar-refractivity contribution is 8.21. The van der Waals surface area contributed by atoms with E-state index in [-0.39, 0.29) is 5.41 Å². The molecule has 2 aliphatic rings. The molecule has 0 saturated carbocycles. The van der Waals surface area contributed by atoms with Gasteiger partial charge in [0.05, 0.1) is 36.2 Å². The van der Waals surface area contributed by atoms with Gasteiger partial charge >= 0.3 is 0 Å². The highest BCUT2D eigenvalue weighted by atomic mass is 32.4. The Hall–Kier alpha value is -3.20. The molecule has 8 heteroatoms. The second-order valence-electron chi connectivity index (χ2n) is 9.17. The number of anilines is 2. The minimum absolute atomic E-state index is 0.239. The molecule has 0 radical (unpaired) electrons. The molecule has 3 heterocycles. The average molecular weight is 487 g/mol. The molecule has 0 saturated heterocycles. The largest absolute Gasteiger partial charge is 0.351 e. The first-order valence-electron chi connectivity index (χ1n) is 11.3. The van der Waals surface area contributed by atoms with Crippen molar-refractivity contribution in [1.82, 2.24) is 9.78 Å². The number of benzene rings is 2. The van der Waals surface area contributed by atoms with Gasteiger partial charge in [0.1, 0.15) is 0 Å². The van der Waals surface area contributed by atoms with Gasteiger partial charge in [-0.2, -0.15) is 10.4 Å². The molecule has 6 nitrogen and oxygen atoms in total. The number of hydrogen-bond acceptors (Lipinski definition) is 5. The summed E-state index contributed by atoms with van der Waals surface area (Å²) in [4.78, 5) is 7.16. The molecule has 0 bridgehead atoms. The van der Waals surface area contributed by atoms with E-state index < -0.39 is 6.19 Å². The maximum Gasteiger partial charge on any atom is 0.161 e. The number of likely N-dealkylation sites (N-methyl/N-ethyl adjacent to an activating group) is 1. The molecule has 0 fully saturated rings. The van der Waals surface area contributed by atoms with Gasteiger partial charge in [-0.25, -0.2) is 9.67 Å². The molecule has 0 aliphatic carbocycles. The van der Waals surface area contributed by atoms with Crippen molar-refractivity contribution in [1.29, 1.82) is 5.26 Å². The number of hydrogen-bond donors (Lipinski definition) is 1. The number of allylic oxidation sites excluding steroid dienone is 2. The minimum atomic E-state index is -2.57. The zero-order valence-corrected chi connectivity index (χ0v) is 21.5. The smallest absolute Gasteiger partial charge is 0.161 e. The van der Waals surface area contributed by atoms with Crippen LogP contribution in [-0.4, -0.2) is 23.0 Å². The first-order chi connectivity index (χ1) is 16.3. The Morgan fingerprint density at radius 1 is 1.12 bits per heavy atom. The maximum absolute atomic E-state index is 9.13. The average Bonchev–Trinajstić information content (AvgIpc) is 3.25. The molecule has 1 unspecified atom stereocenters. The van der Waals surface area contributed by atoms with Crippen molar-refractivity contribution < 1.29 is 0 Å². The van der Waals surface area contributed by atoms with Crippen molar-refractivity contribution in [3.8, 4) is 6.07 Å². The zero-order valence-electron chi connectivity index (χ0n) is 19.8. The lowest BCUT2D eigenvalue weighted by Crippen LogP contribution is -2.29. The summed E-state index contributed by atoms with van der Waals surface area (Å²) < 4.78 is 1.83. The molecule has 1 atom stereocenters. The van der Waals surface area contributed by atoms with Gasteiger partial charge in [-0.15, -0.1) is 0 Å². The van der Waals surface area contributed by atoms with Crippen LogP contribution in [-0.2, 0) is 23.8 Å². The molecule has 34 heavy (non-hydrogen) atoms. The fraction of sp³-hybridized carbons (Fsp3) is 0.269. The Kier molecular flexibility index (Phi) is 5.47. The van der Waals surface area contributed by atoms with Crippen LogP contribution in [0.5, 0.6) is 0 Å². The third-order valence-electron chi connectivity index (χ3n) is 6.64. The first kappa shape index (κ1) is 22.6. The predicted octanol–water partition coefficient (Wildman–Crippen LogP) is 5.59. The summed E-state index contributed by atoms with van der Waals surface area (Å²) >= 11 is 6.63. The Labute approximate surface area is 205 Å². The number of nitrogens with zero attached hydrogens (tertiary/aromatic N) is 5. The molecule has 2 aliphatic heterocycles. The quantitative estimate of drug-likeness (QED) is 0.487. The van der Waals surface area contributed by atoms with E-state index in [1.165, 1.54) is 16.9 Å². The van der Waals surface area contributed by atoms with Gasteiger partial charge in [-0.3, -0.25) is 0 Å². The van der Waals surface area contributed by atoms with E-state index in [2.05, 4.69) is 73.3 Å². The molecule has 3 aromatic rings. The lowest BCUT2D eigenvalue weighted by Gasteiger charge is -2.35. The van der Waals surface area contributed by atoms with Gasteiger partial charge in [0.15, 0.2) is 5.82 Å². The van der Waals surface area contributed by atoms with Gasteiger partial charge in [0, 0.05) is 41.1 Å². The predicted molar refractivity (Wildman–Crippen MR) is 144 cm³/mol. The maximum atomic E-state index is 9.13. The van der Waals surface area contributed by atoms with Crippen LogP contribution in [0.2, 0.25) is 0 Å². The van der Waals surface area contributed by atoms with Crippen LogP contribution in [0.3, 0.4) is 0 Å². The molecule has 1 aromatic heterocycles. The van der Waals surface area contributed by atoms with E-state index >= 15 is 0 Å². The Balaban J connectivity index is 1.78. The lowest BCUT2D eigenvalue weighted by atomic mass is 9.84. The van der Waals surface area contributed by atoms with Crippen molar-refractivity contribution in [2.24, 2.45) is 4.99 Å².